The highest BCUT2D eigenvalue weighted by Gasteiger charge is 2.23. The Bertz CT molecular complexity index is 242. The van der Waals surface area contributed by atoms with E-state index in [1.165, 1.54) is 0 Å². The second kappa shape index (κ2) is 2.60. The molecule has 11 heavy (non-hydrogen) atoms. The summed E-state index contributed by atoms with van der Waals surface area (Å²) in [5.74, 6) is 0. The minimum atomic E-state index is -0.752. The molecule has 1 heterocycles. The van der Waals surface area contributed by atoms with Crippen LogP contribution in [0.15, 0.2) is 6.20 Å². The molecule has 0 aliphatic heterocycles. The number of hydrogen-bond acceptors (Lipinski definition) is 4. The molecule has 0 saturated carbocycles. The smallest absolute Gasteiger partial charge is 0.0803 e. The van der Waals surface area contributed by atoms with Crippen LogP contribution in [0, 0.1) is 0 Å². The van der Waals surface area contributed by atoms with Gasteiger partial charge in [0, 0.05) is 7.05 Å². The standard InChI is InChI=1S/C6H12N4O/c1-6(7,4-11)5-3-8-9-10(5)2/h3,11H,4,7H2,1-2H3. The highest BCUT2D eigenvalue weighted by Crippen LogP contribution is 2.13. The molecule has 0 radical (unpaired) electrons. The third-order valence-electron chi connectivity index (χ3n) is 1.63. The molecule has 1 aromatic heterocycles. The van der Waals surface area contributed by atoms with Gasteiger partial charge in [-0.15, -0.1) is 5.10 Å². The maximum absolute atomic E-state index is 8.90. The number of nitrogens with zero attached hydrogens (tertiary/aromatic N) is 3. The zero-order valence-electron chi connectivity index (χ0n) is 6.65. The summed E-state index contributed by atoms with van der Waals surface area (Å²) in [6, 6.07) is 0. The van der Waals surface area contributed by atoms with Crippen LogP contribution < -0.4 is 5.73 Å². The van der Waals surface area contributed by atoms with E-state index in [1.807, 2.05) is 0 Å². The first-order chi connectivity index (χ1) is 5.08. The topological polar surface area (TPSA) is 77.0 Å². The summed E-state index contributed by atoms with van der Waals surface area (Å²) >= 11 is 0. The van der Waals surface area contributed by atoms with E-state index in [0.29, 0.717) is 0 Å². The monoisotopic (exact) mass is 156 g/mol. The van der Waals surface area contributed by atoms with Crippen molar-refractivity contribution in [1.29, 1.82) is 0 Å². The Kier molecular flexibility index (Phi) is 1.92. The predicted molar refractivity (Wildman–Crippen MR) is 39.6 cm³/mol. The Labute approximate surface area is 64.8 Å². The Morgan fingerprint density at radius 3 is 2.82 bits per heavy atom. The summed E-state index contributed by atoms with van der Waals surface area (Å²) in [5.41, 5.74) is 5.70. The molecule has 1 rings (SSSR count). The largest absolute Gasteiger partial charge is 0.394 e. The average Bonchev–Trinajstić information content (AvgIpc) is 2.36. The van der Waals surface area contributed by atoms with Crippen LogP contribution in [0.25, 0.3) is 0 Å². The number of aromatic nitrogens is 3. The van der Waals surface area contributed by atoms with Gasteiger partial charge in [0.1, 0.15) is 0 Å². The molecule has 0 aliphatic rings. The molecule has 0 aliphatic carbocycles. The summed E-state index contributed by atoms with van der Waals surface area (Å²) in [7, 11) is 1.74. The van der Waals surface area contributed by atoms with Gasteiger partial charge in [0.2, 0.25) is 0 Å². The Hall–Kier alpha value is -0.940. The van der Waals surface area contributed by atoms with E-state index < -0.39 is 5.54 Å². The van der Waals surface area contributed by atoms with E-state index in [0.717, 1.165) is 5.69 Å². The van der Waals surface area contributed by atoms with E-state index >= 15 is 0 Å². The maximum Gasteiger partial charge on any atom is 0.0803 e. The van der Waals surface area contributed by atoms with Crippen molar-refractivity contribution in [2.45, 2.75) is 12.5 Å². The summed E-state index contributed by atoms with van der Waals surface area (Å²) in [4.78, 5) is 0. The zero-order chi connectivity index (χ0) is 8.48. The number of aliphatic hydroxyl groups excluding tert-OH is 1. The molecule has 0 spiro atoms. The number of aryl methyl sites for hydroxylation is 1. The van der Waals surface area contributed by atoms with E-state index in [4.69, 9.17) is 10.8 Å². The van der Waals surface area contributed by atoms with E-state index in [2.05, 4.69) is 10.3 Å². The summed E-state index contributed by atoms with van der Waals surface area (Å²) in [5, 5.41) is 16.3. The zero-order valence-corrected chi connectivity index (χ0v) is 6.65. The average molecular weight is 156 g/mol. The molecule has 3 N–H and O–H groups in total. The van der Waals surface area contributed by atoms with Gasteiger partial charge in [-0.2, -0.15) is 0 Å². The molecule has 0 amide bonds. The highest BCUT2D eigenvalue weighted by atomic mass is 16.3. The SMILES string of the molecule is Cn1nncc1C(C)(N)CO. The molecule has 5 heteroatoms. The Morgan fingerprint density at radius 2 is 2.45 bits per heavy atom. The van der Waals surface area contributed by atoms with Crippen LogP contribution >= 0.6 is 0 Å². The van der Waals surface area contributed by atoms with Crippen molar-refractivity contribution in [3.05, 3.63) is 11.9 Å². The van der Waals surface area contributed by atoms with Gasteiger partial charge in [0.25, 0.3) is 0 Å². The van der Waals surface area contributed by atoms with Crippen LogP contribution in [-0.2, 0) is 12.6 Å². The lowest BCUT2D eigenvalue weighted by atomic mass is 10.0. The van der Waals surface area contributed by atoms with Crippen molar-refractivity contribution in [2.75, 3.05) is 6.61 Å². The fourth-order valence-electron chi connectivity index (χ4n) is 0.888. The van der Waals surface area contributed by atoms with E-state index in [9.17, 15) is 0 Å². The fraction of sp³-hybridized carbons (Fsp3) is 0.667. The third kappa shape index (κ3) is 1.38. The van der Waals surface area contributed by atoms with Crippen molar-refractivity contribution < 1.29 is 5.11 Å². The molecule has 1 atom stereocenters. The first-order valence-corrected chi connectivity index (χ1v) is 3.33. The van der Waals surface area contributed by atoms with Crippen LogP contribution in [-0.4, -0.2) is 26.7 Å². The molecular weight excluding hydrogens is 144 g/mol. The van der Waals surface area contributed by atoms with Crippen molar-refractivity contribution in [3.8, 4) is 0 Å². The predicted octanol–water partition coefficient (Wildman–Crippen LogP) is -1.02. The van der Waals surface area contributed by atoms with Crippen LogP contribution in [0.1, 0.15) is 12.6 Å². The molecular formula is C6H12N4O. The van der Waals surface area contributed by atoms with Crippen molar-refractivity contribution in [2.24, 2.45) is 12.8 Å². The van der Waals surface area contributed by atoms with Crippen LogP contribution in [0.5, 0.6) is 0 Å². The number of nitrogens with two attached hydrogens (primary N) is 1. The fourth-order valence-corrected chi connectivity index (χ4v) is 0.888. The maximum atomic E-state index is 8.90. The minimum absolute atomic E-state index is 0.117. The second-order valence-electron chi connectivity index (χ2n) is 2.82. The second-order valence-corrected chi connectivity index (χ2v) is 2.82. The first kappa shape index (κ1) is 8.16. The summed E-state index contributed by atoms with van der Waals surface area (Å²) < 4.78 is 1.55. The van der Waals surface area contributed by atoms with E-state index in [1.54, 1.807) is 24.9 Å². The molecule has 5 nitrogen and oxygen atoms in total. The van der Waals surface area contributed by atoms with Crippen molar-refractivity contribution >= 4 is 0 Å². The number of rotatable bonds is 2. The van der Waals surface area contributed by atoms with Crippen molar-refractivity contribution in [1.82, 2.24) is 15.0 Å². The summed E-state index contributed by atoms with van der Waals surface area (Å²) in [6.07, 6.45) is 1.55. The molecule has 0 aromatic carbocycles. The van der Waals surface area contributed by atoms with Gasteiger partial charge >= 0.3 is 0 Å². The Morgan fingerprint density at radius 1 is 1.82 bits per heavy atom. The lowest BCUT2D eigenvalue weighted by Gasteiger charge is -2.20. The van der Waals surface area contributed by atoms with Gasteiger partial charge in [-0.3, -0.25) is 4.68 Å². The van der Waals surface area contributed by atoms with Crippen LogP contribution in [0.3, 0.4) is 0 Å². The van der Waals surface area contributed by atoms with Gasteiger partial charge < -0.3 is 10.8 Å². The molecule has 1 aromatic rings. The third-order valence-corrected chi connectivity index (χ3v) is 1.63. The molecule has 0 saturated heterocycles. The van der Waals surface area contributed by atoms with Gasteiger partial charge in [0.05, 0.1) is 24.0 Å². The summed E-state index contributed by atoms with van der Waals surface area (Å²) in [6.45, 7) is 1.61. The molecule has 62 valence electrons. The van der Waals surface area contributed by atoms with Gasteiger partial charge in [0.15, 0.2) is 0 Å². The quantitative estimate of drug-likeness (QED) is 0.574. The van der Waals surface area contributed by atoms with Gasteiger partial charge in [-0.25, -0.2) is 0 Å². The molecule has 0 bridgehead atoms. The van der Waals surface area contributed by atoms with Crippen LogP contribution in [0.4, 0.5) is 0 Å². The Balaban J connectivity index is 3.00. The first-order valence-electron chi connectivity index (χ1n) is 3.33. The lowest BCUT2D eigenvalue weighted by Crippen LogP contribution is -2.38. The minimum Gasteiger partial charge on any atom is -0.394 e. The van der Waals surface area contributed by atoms with Crippen LogP contribution in [0.2, 0.25) is 0 Å². The lowest BCUT2D eigenvalue weighted by molar-refractivity contribution is 0.203. The van der Waals surface area contributed by atoms with Crippen molar-refractivity contribution in [3.63, 3.8) is 0 Å². The number of aliphatic hydroxyl groups is 1. The normalized spacial score (nSPS) is 16.4. The van der Waals surface area contributed by atoms with Gasteiger partial charge in [-0.1, -0.05) is 5.21 Å². The van der Waals surface area contributed by atoms with E-state index in [-0.39, 0.29) is 6.61 Å². The molecule has 0 fully saturated rings. The highest BCUT2D eigenvalue weighted by molar-refractivity contribution is 5.08. The number of hydrogen-bond donors (Lipinski definition) is 2. The molecule has 1 unspecified atom stereocenters. The van der Waals surface area contributed by atoms with Gasteiger partial charge in [-0.05, 0) is 6.92 Å².